The first kappa shape index (κ1) is 18.7. The van der Waals surface area contributed by atoms with E-state index in [-0.39, 0.29) is 11.7 Å². The van der Waals surface area contributed by atoms with E-state index in [1.54, 1.807) is 31.4 Å². The highest BCUT2D eigenvalue weighted by Gasteiger charge is 2.33. The molecule has 0 bridgehead atoms. The number of halogens is 3. The van der Waals surface area contributed by atoms with Gasteiger partial charge < -0.3 is 9.64 Å². The van der Waals surface area contributed by atoms with Gasteiger partial charge in [0.25, 0.3) is 0 Å². The van der Waals surface area contributed by atoms with Crippen molar-refractivity contribution in [3.63, 3.8) is 0 Å². The number of benzene rings is 2. The zero-order valence-electron chi connectivity index (χ0n) is 15.5. The molecule has 1 atom stereocenters. The molecular weight excluding hydrogens is 371 g/mol. The highest BCUT2D eigenvalue weighted by molar-refractivity contribution is 5.93. The maximum atomic E-state index is 12.7. The second-order valence-corrected chi connectivity index (χ2v) is 7.23. The molecule has 1 saturated heterocycles. The number of hydrogen-bond donors (Lipinski definition) is 0. The second-order valence-electron chi connectivity index (χ2n) is 7.23. The summed E-state index contributed by atoms with van der Waals surface area (Å²) in [5.74, 6) is 0.415. The van der Waals surface area contributed by atoms with E-state index in [1.807, 2.05) is 13.0 Å². The fourth-order valence-corrected chi connectivity index (χ4v) is 3.57. The van der Waals surface area contributed by atoms with Crippen LogP contribution in [0.4, 0.5) is 18.9 Å². The standard InChI is InChI=1S/C20H20F3N3O2/c1-12(27-2)16-10-26(11-16)18-8-15(7-17-19(18)25-28-24-17)14-5-3-4-13(6-14)9-20(21,22)23/h3-8,12,16H,9-11H2,1-2H3. The van der Waals surface area contributed by atoms with Gasteiger partial charge >= 0.3 is 6.18 Å². The van der Waals surface area contributed by atoms with Crippen LogP contribution in [0.15, 0.2) is 41.0 Å². The molecule has 5 nitrogen and oxygen atoms in total. The average molecular weight is 391 g/mol. The van der Waals surface area contributed by atoms with Crippen LogP contribution in [0.2, 0.25) is 0 Å². The number of methoxy groups -OCH3 is 1. The molecule has 2 heterocycles. The molecule has 4 rings (SSSR count). The van der Waals surface area contributed by atoms with Crippen LogP contribution >= 0.6 is 0 Å². The van der Waals surface area contributed by atoms with Crippen LogP contribution in [0.3, 0.4) is 0 Å². The van der Waals surface area contributed by atoms with Crippen molar-refractivity contribution in [3.05, 3.63) is 42.0 Å². The fraction of sp³-hybridized carbons (Fsp3) is 0.400. The summed E-state index contributed by atoms with van der Waals surface area (Å²) in [4.78, 5) is 2.16. The van der Waals surface area contributed by atoms with Crippen molar-refractivity contribution in [1.82, 2.24) is 10.3 Å². The summed E-state index contributed by atoms with van der Waals surface area (Å²) in [7, 11) is 1.70. The number of alkyl halides is 3. The zero-order chi connectivity index (χ0) is 19.9. The first-order valence-corrected chi connectivity index (χ1v) is 9.04. The Kier molecular flexibility index (Phi) is 4.74. The average Bonchev–Trinajstić information content (AvgIpc) is 3.07. The number of hydrogen-bond acceptors (Lipinski definition) is 5. The number of rotatable bonds is 5. The Balaban J connectivity index is 1.67. The molecule has 0 spiro atoms. The predicted molar refractivity (Wildman–Crippen MR) is 99.2 cm³/mol. The van der Waals surface area contributed by atoms with E-state index in [0.29, 0.717) is 22.5 Å². The smallest absolute Gasteiger partial charge is 0.381 e. The Hall–Kier alpha value is -2.61. The first-order valence-electron chi connectivity index (χ1n) is 9.04. The van der Waals surface area contributed by atoms with Gasteiger partial charge in [0.2, 0.25) is 0 Å². The summed E-state index contributed by atoms with van der Waals surface area (Å²) < 4.78 is 48.5. The summed E-state index contributed by atoms with van der Waals surface area (Å²) >= 11 is 0. The zero-order valence-corrected chi connectivity index (χ0v) is 15.5. The van der Waals surface area contributed by atoms with Crippen molar-refractivity contribution < 1.29 is 22.5 Å². The van der Waals surface area contributed by atoms with Gasteiger partial charge in [-0.05, 0) is 46.1 Å². The molecule has 1 aromatic heterocycles. The number of anilines is 1. The van der Waals surface area contributed by atoms with Crippen LogP contribution in [0.1, 0.15) is 12.5 Å². The normalized spacial score (nSPS) is 16.4. The van der Waals surface area contributed by atoms with Crippen LogP contribution in [0.5, 0.6) is 0 Å². The lowest BCUT2D eigenvalue weighted by Crippen LogP contribution is -2.51. The maximum absolute atomic E-state index is 12.7. The van der Waals surface area contributed by atoms with Crippen molar-refractivity contribution in [1.29, 1.82) is 0 Å². The number of nitrogens with zero attached hydrogens (tertiary/aromatic N) is 3. The minimum Gasteiger partial charge on any atom is -0.381 e. The molecule has 0 aliphatic carbocycles. The van der Waals surface area contributed by atoms with E-state index in [1.165, 1.54) is 6.07 Å². The van der Waals surface area contributed by atoms with Gasteiger partial charge in [0, 0.05) is 26.1 Å². The Morgan fingerprint density at radius 1 is 1.18 bits per heavy atom. The molecule has 0 amide bonds. The summed E-state index contributed by atoms with van der Waals surface area (Å²) in [5.41, 5.74) is 3.81. The third-order valence-electron chi connectivity index (χ3n) is 5.29. The van der Waals surface area contributed by atoms with E-state index >= 15 is 0 Å². The Morgan fingerprint density at radius 3 is 2.68 bits per heavy atom. The van der Waals surface area contributed by atoms with Crippen molar-refractivity contribution in [3.8, 4) is 11.1 Å². The summed E-state index contributed by atoms with van der Waals surface area (Å²) in [6.45, 7) is 3.67. The van der Waals surface area contributed by atoms with Crippen molar-refractivity contribution in [2.75, 3.05) is 25.1 Å². The molecule has 28 heavy (non-hydrogen) atoms. The van der Waals surface area contributed by atoms with Crippen LogP contribution in [-0.4, -0.2) is 42.8 Å². The lowest BCUT2D eigenvalue weighted by atomic mass is 9.92. The van der Waals surface area contributed by atoms with Crippen LogP contribution in [0, 0.1) is 5.92 Å². The largest absolute Gasteiger partial charge is 0.393 e. The lowest BCUT2D eigenvalue weighted by Gasteiger charge is -2.43. The van der Waals surface area contributed by atoms with Gasteiger partial charge in [-0.2, -0.15) is 13.2 Å². The van der Waals surface area contributed by atoms with Crippen molar-refractivity contribution >= 4 is 16.7 Å². The van der Waals surface area contributed by atoms with E-state index in [2.05, 4.69) is 15.2 Å². The maximum Gasteiger partial charge on any atom is 0.393 e. The van der Waals surface area contributed by atoms with Crippen molar-refractivity contribution in [2.24, 2.45) is 5.92 Å². The van der Waals surface area contributed by atoms with E-state index in [4.69, 9.17) is 9.37 Å². The van der Waals surface area contributed by atoms with Gasteiger partial charge in [0.05, 0.1) is 18.2 Å². The topological polar surface area (TPSA) is 51.4 Å². The molecule has 0 radical (unpaired) electrons. The molecule has 1 fully saturated rings. The lowest BCUT2D eigenvalue weighted by molar-refractivity contribution is -0.127. The summed E-state index contributed by atoms with van der Waals surface area (Å²) in [6.07, 6.45) is -5.04. The molecule has 1 aliphatic rings. The van der Waals surface area contributed by atoms with E-state index in [0.717, 1.165) is 24.3 Å². The Morgan fingerprint density at radius 2 is 1.96 bits per heavy atom. The third kappa shape index (κ3) is 3.69. The molecule has 0 saturated carbocycles. The van der Waals surface area contributed by atoms with Crippen LogP contribution in [0.25, 0.3) is 22.2 Å². The molecule has 0 N–H and O–H groups in total. The van der Waals surface area contributed by atoms with Gasteiger partial charge in [-0.15, -0.1) is 0 Å². The monoisotopic (exact) mass is 391 g/mol. The van der Waals surface area contributed by atoms with E-state index in [9.17, 15) is 13.2 Å². The third-order valence-corrected chi connectivity index (χ3v) is 5.29. The summed E-state index contributed by atoms with van der Waals surface area (Å²) in [5, 5.41) is 7.95. The minimum atomic E-state index is -4.24. The highest BCUT2D eigenvalue weighted by atomic mass is 19.4. The first-order chi connectivity index (χ1) is 13.3. The number of fused-ring (bicyclic) bond motifs is 1. The molecule has 148 valence electrons. The van der Waals surface area contributed by atoms with Crippen LogP contribution < -0.4 is 4.90 Å². The van der Waals surface area contributed by atoms with Gasteiger partial charge in [-0.3, -0.25) is 0 Å². The quantitative estimate of drug-likeness (QED) is 0.643. The summed E-state index contributed by atoms with van der Waals surface area (Å²) in [6, 6.07) is 10.2. The van der Waals surface area contributed by atoms with Gasteiger partial charge in [0.15, 0.2) is 5.52 Å². The van der Waals surface area contributed by atoms with Gasteiger partial charge in [-0.1, -0.05) is 24.3 Å². The van der Waals surface area contributed by atoms with Crippen molar-refractivity contribution in [2.45, 2.75) is 25.6 Å². The molecule has 8 heteroatoms. The van der Waals surface area contributed by atoms with E-state index < -0.39 is 12.6 Å². The molecular formula is C20H20F3N3O2. The Bertz CT molecular complexity index is 980. The molecule has 3 aromatic rings. The molecule has 1 aliphatic heterocycles. The minimum absolute atomic E-state index is 0.157. The molecule has 1 unspecified atom stereocenters. The Labute approximate surface area is 160 Å². The fourth-order valence-electron chi connectivity index (χ4n) is 3.57. The number of ether oxygens (including phenoxy) is 1. The van der Waals surface area contributed by atoms with Gasteiger partial charge in [0.1, 0.15) is 5.52 Å². The SMILES string of the molecule is COC(C)C1CN(c2cc(-c3cccc(CC(F)(F)F)c3)cc3nonc23)C1. The van der Waals surface area contributed by atoms with Crippen LogP contribution in [-0.2, 0) is 11.2 Å². The molecule has 2 aromatic carbocycles. The predicted octanol–water partition coefficient (Wildman–Crippen LogP) is 4.47. The number of aromatic nitrogens is 2. The van der Waals surface area contributed by atoms with Gasteiger partial charge in [-0.25, -0.2) is 4.63 Å². The second kappa shape index (κ2) is 7.09. The highest BCUT2D eigenvalue weighted by Crippen LogP contribution is 2.36.